The molecule has 0 spiro atoms. The molecule has 0 bridgehead atoms. The smallest absolute Gasteiger partial charge is 0.295 e. The lowest BCUT2D eigenvalue weighted by molar-refractivity contribution is 0.627. The van der Waals surface area contributed by atoms with E-state index >= 15 is 0 Å². The van der Waals surface area contributed by atoms with E-state index in [0.717, 1.165) is 16.9 Å². The summed E-state index contributed by atoms with van der Waals surface area (Å²) in [6.07, 6.45) is 0. The molecule has 23 heavy (non-hydrogen) atoms. The summed E-state index contributed by atoms with van der Waals surface area (Å²) in [5.41, 5.74) is 3.04. The van der Waals surface area contributed by atoms with Gasteiger partial charge in [-0.15, -0.1) is 0 Å². The molecule has 0 saturated heterocycles. The highest BCUT2D eigenvalue weighted by Gasteiger charge is 2.15. The Morgan fingerprint density at radius 2 is 1.70 bits per heavy atom. The highest BCUT2D eigenvalue weighted by Crippen LogP contribution is 2.15. The Hall–Kier alpha value is -2.82. The monoisotopic (exact) mass is 311 g/mol. The van der Waals surface area contributed by atoms with Gasteiger partial charge in [0.15, 0.2) is 0 Å². The second-order valence-electron chi connectivity index (χ2n) is 5.42. The summed E-state index contributed by atoms with van der Waals surface area (Å²) >= 11 is 0. The maximum absolute atomic E-state index is 12.9. The van der Waals surface area contributed by atoms with Gasteiger partial charge >= 0.3 is 0 Å². The molecule has 1 heterocycles. The van der Waals surface area contributed by atoms with Crippen LogP contribution in [0.2, 0.25) is 0 Å². The molecule has 1 aromatic heterocycles. The largest absolute Gasteiger partial charge is 0.375 e. The van der Waals surface area contributed by atoms with Crippen LogP contribution in [-0.4, -0.2) is 9.36 Å². The number of halogens is 1. The van der Waals surface area contributed by atoms with Crippen molar-refractivity contribution in [1.29, 1.82) is 0 Å². The van der Waals surface area contributed by atoms with Crippen molar-refractivity contribution in [2.75, 3.05) is 5.32 Å². The Balaban J connectivity index is 1.92. The Kier molecular flexibility index (Phi) is 4.02. The number of hydrogen-bond donors (Lipinski definition) is 1. The van der Waals surface area contributed by atoms with E-state index in [-0.39, 0.29) is 11.4 Å². The predicted octanol–water partition coefficient (Wildman–Crippen LogP) is 3.24. The first-order valence-corrected chi connectivity index (χ1v) is 7.40. The van der Waals surface area contributed by atoms with Crippen LogP contribution in [0, 0.1) is 12.7 Å². The van der Waals surface area contributed by atoms with Gasteiger partial charge in [-0.2, -0.15) is 0 Å². The molecule has 1 N–H and O–H groups in total. The van der Waals surface area contributed by atoms with Crippen LogP contribution in [0.3, 0.4) is 0 Å². The lowest BCUT2D eigenvalue weighted by atomic mass is 10.2. The number of benzene rings is 2. The fourth-order valence-electron chi connectivity index (χ4n) is 2.56. The average Bonchev–Trinajstić information content (AvgIpc) is 2.78. The van der Waals surface area contributed by atoms with Crippen molar-refractivity contribution in [3.05, 3.63) is 82.0 Å². The van der Waals surface area contributed by atoms with E-state index < -0.39 is 0 Å². The third-order valence-corrected chi connectivity index (χ3v) is 3.94. The van der Waals surface area contributed by atoms with Crippen molar-refractivity contribution >= 4 is 5.69 Å². The van der Waals surface area contributed by atoms with Crippen LogP contribution in [0.4, 0.5) is 10.1 Å². The molecule has 0 aliphatic carbocycles. The van der Waals surface area contributed by atoms with Crippen molar-refractivity contribution in [2.45, 2.75) is 13.5 Å². The number of anilines is 1. The molecule has 118 valence electrons. The van der Waals surface area contributed by atoms with Gasteiger partial charge in [0.2, 0.25) is 0 Å². The summed E-state index contributed by atoms with van der Waals surface area (Å²) < 4.78 is 16.4. The van der Waals surface area contributed by atoms with Crippen LogP contribution in [0.1, 0.15) is 11.3 Å². The maximum Gasteiger partial charge on any atom is 0.295 e. The lowest BCUT2D eigenvalue weighted by Gasteiger charge is -2.07. The molecule has 0 amide bonds. The van der Waals surface area contributed by atoms with Gasteiger partial charge in [-0.05, 0) is 36.8 Å². The third-order valence-electron chi connectivity index (χ3n) is 3.94. The van der Waals surface area contributed by atoms with Gasteiger partial charge in [-0.25, -0.2) is 9.07 Å². The molecule has 0 atom stereocenters. The van der Waals surface area contributed by atoms with Crippen LogP contribution in [0.25, 0.3) is 5.69 Å². The van der Waals surface area contributed by atoms with Gasteiger partial charge < -0.3 is 5.32 Å². The average molecular weight is 311 g/mol. The van der Waals surface area contributed by atoms with Crippen LogP contribution < -0.4 is 10.9 Å². The highest BCUT2D eigenvalue weighted by atomic mass is 19.1. The normalized spacial score (nSPS) is 10.7. The van der Waals surface area contributed by atoms with Crippen LogP contribution in [-0.2, 0) is 13.6 Å². The fourth-order valence-corrected chi connectivity index (χ4v) is 2.56. The molecule has 3 rings (SSSR count). The molecule has 0 aliphatic heterocycles. The number of aromatic nitrogens is 2. The first-order chi connectivity index (χ1) is 11.1. The second kappa shape index (κ2) is 6.12. The summed E-state index contributed by atoms with van der Waals surface area (Å²) in [4.78, 5) is 12.7. The van der Waals surface area contributed by atoms with Gasteiger partial charge in [0.1, 0.15) is 11.5 Å². The van der Waals surface area contributed by atoms with Crippen LogP contribution >= 0.6 is 0 Å². The lowest BCUT2D eigenvalue weighted by Crippen LogP contribution is -2.21. The minimum atomic E-state index is -0.268. The summed E-state index contributed by atoms with van der Waals surface area (Å²) in [5, 5.41) is 3.17. The molecule has 0 fully saturated rings. The standard InChI is InChI=1S/C18H18FN3O/c1-13-17(20-12-14-8-10-15(19)11-9-14)18(23)22(21(13)2)16-6-4-3-5-7-16/h3-11,20H,12H2,1-2H3. The zero-order valence-electron chi connectivity index (χ0n) is 13.1. The van der Waals surface area contributed by atoms with Gasteiger partial charge in [0.05, 0.1) is 11.4 Å². The van der Waals surface area contributed by atoms with E-state index in [2.05, 4.69) is 5.32 Å². The van der Waals surface area contributed by atoms with Crippen molar-refractivity contribution in [3.63, 3.8) is 0 Å². The third kappa shape index (κ3) is 2.90. The molecule has 4 nitrogen and oxygen atoms in total. The first kappa shape index (κ1) is 15.1. The number of nitrogens with zero attached hydrogens (tertiary/aromatic N) is 2. The fraction of sp³-hybridized carbons (Fsp3) is 0.167. The Morgan fingerprint density at radius 3 is 2.35 bits per heavy atom. The predicted molar refractivity (Wildman–Crippen MR) is 89.5 cm³/mol. The number of hydrogen-bond acceptors (Lipinski definition) is 2. The van der Waals surface area contributed by atoms with Gasteiger partial charge in [-0.1, -0.05) is 30.3 Å². The summed E-state index contributed by atoms with van der Waals surface area (Å²) in [6.45, 7) is 2.36. The summed E-state index contributed by atoms with van der Waals surface area (Å²) in [6, 6.07) is 15.7. The second-order valence-corrected chi connectivity index (χ2v) is 5.42. The van der Waals surface area contributed by atoms with Gasteiger partial charge in [-0.3, -0.25) is 9.48 Å². The summed E-state index contributed by atoms with van der Waals surface area (Å²) in [5.74, 6) is -0.268. The van der Waals surface area contributed by atoms with E-state index in [9.17, 15) is 9.18 Å². The molecule has 0 radical (unpaired) electrons. The van der Waals surface area contributed by atoms with E-state index in [1.807, 2.05) is 49.0 Å². The van der Waals surface area contributed by atoms with E-state index in [0.29, 0.717) is 12.2 Å². The molecule has 2 aromatic carbocycles. The van der Waals surface area contributed by atoms with Gasteiger partial charge in [0, 0.05) is 13.6 Å². The maximum atomic E-state index is 12.9. The topological polar surface area (TPSA) is 39.0 Å². The SMILES string of the molecule is Cc1c(NCc2ccc(F)cc2)c(=O)n(-c2ccccc2)n1C. The minimum Gasteiger partial charge on any atom is -0.375 e. The van der Waals surface area contributed by atoms with E-state index in [1.165, 1.54) is 12.1 Å². The van der Waals surface area contributed by atoms with E-state index in [1.54, 1.807) is 16.8 Å². The molecular weight excluding hydrogens is 293 g/mol. The number of rotatable bonds is 4. The van der Waals surface area contributed by atoms with E-state index in [4.69, 9.17) is 0 Å². The van der Waals surface area contributed by atoms with Gasteiger partial charge in [0.25, 0.3) is 5.56 Å². The zero-order chi connectivity index (χ0) is 16.4. The van der Waals surface area contributed by atoms with Crippen molar-refractivity contribution in [2.24, 2.45) is 7.05 Å². The van der Waals surface area contributed by atoms with Crippen molar-refractivity contribution in [1.82, 2.24) is 9.36 Å². The Bertz CT molecular complexity index is 864. The number of nitrogens with one attached hydrogen (secondary N) is 1. The van der Waals surface area contributed by atoms with Crippen LogP contribution in [0.5, 0.6) is 0 Å². The number of para-hydroxylation sites is 1. The van der Waals surface area contributed by atoms with Crippen LogP contribution in [0.15, 0.2) is 59.4 Å². The molecule has 5 heteroatoms. The molecule has 0 unspecified atom stereocenters. The Labute approximate surface area is 133 Å². The minimum absolute atomic E-state index is 0.0988. The first-order valence-electron chi connectivity index (χ1n) is 7.40. The summed E-state index contributed by atoms with van der Waals surface area (Å²) in [7, 11) is 1.85. The molecular formula is C18H18FN3O. The quantitative estimate of drug-likeness (QED) is 0.803. The molecule has 0 saturated carbocycles. The van der Waals surface area contributed by atoms with Crippen molar-refractivity contribution in [3.8, 4) is 5.69 Å². The Morgan fingerprint density at radius 1 is 1.04 bits per heavy atom. The zero-order valence-corrected chi connectivity index (χ0v) is 13.1. The van der Waals surface area contributed by atoms with Crippen molar-refractivity contribution < 1.29 is 4.39 Å². The highest BCUT2D eigenvalue weighted by molar-refractivity contribution is 5.49. The molecule has 3 aromatic rings. The molecule has 0 aliphatic rings.